The fraction of sp³-hybridized carbons (Fsp3) is 0.588. The van der Waals surface area contributed by atoms with E-state index in [2.05, 4.69) is 5.32 Å². The number of benzene rings is 1. The number of rotatable bonds is 5. The number of methoxy groups -OCH3 is 1. The van der Waals surface area contributed by atoms with E-state index < -0.39 is 5.60 Å². The Kier molecular flexibility index (Phi) is 5.23. The Bertz CT molecular complexity index is 493. The molecular formula is C17H25NO3. The lowest BCUT2D eigenvalue weighted by molar-refractivity contribution is -0.127. The summed E-state index contributed by atoms with van der Waals surface area (Å²) in [6.45, 7) is 2.43. The van der Waals surface area contributed by atoms with Gasteiger partial charge in [0, 0.05) is 12.1 Å². The molecule has 0 saturated heterocycles. The van der Waals surface area contributed by atoms with E-state index in [9.17, 15) is 9.90 Å². The third-order valence-electron chi connectivity index (χ3n) is 4.19. The summed E-state index contributed by atoms with van der Waals surface area (Å²) in [5.41, 5.74) is 1.27. The maximum absolute atomic E-state index is 12.0. The minimum Gasteiger partial charge on any atom is -0.496 e. The molecule has 1 aliphatic rings. The predicted molar refractivity (Wildman–Crippen MR) is 82.2 cm³/mol. The van der Waals surface area contributed by atoms with Crippen LogP contribution in [0.25, 0.3) is 0 Å². The first-order valence-electron chi connectivity index (χ1n) is 7.65. The topological polar surface area (TPSA) is 58.6 Å². The summed E-state index contributed by atoms with van der Waals surface area (Å²) in [6, 6.07) is 5.92. The zero-order valence-electron chi connectivity index (χ0n) is 12.9. The quantitative estimate of drug-likeness (QED) is 0.877. The summed E-state index contributed by atoms with van der Waals surface area (Å²) >= 11 is 0. The molecule has 0 aliphatic heterocycles. The van der Waals surface area contributed by atoms with Gasteiger partial charge in [-0.1, -0.05) is 31.4 Å². The number of nitrogens with one attached hydrogen (secondary N) is 1. The van der Waals surface area contributed by atoms with Crippen LogP contribution >= 0.6 is 0 Å². The van der Waals surface area contributed by atoms with E-state index >= 15 is 0 Å². The molecule has 4 heteroatoms. The van der Waals surface area contributed by atoms with E-state index in [4.69, 9.17) is 4.74 Å². The van der Waals surface area contributed by atoms with Gasteiger partial charge in [0.1, 0.15) is 5.75 Å². The molecule has 1 aliphatic carbocycles. The van der Waals surface area contributed by atoms with Crippen LogP contribution in [0.2, 0.25) is 0 Å². The molecule has 0 unspecified atom stereocenters. The molecule has 2 N–H and O–H groups in total. The predicted octanol–water partition coefficient (Wildman–Crippen LogP) is 2.71. The number of aliphatic hydroxyl groups is 1. The number of carbonyl (C=O) groups excluding carboxylic acids is 1. The molecule has 21 heavy (non-hydrogen) atoms. The molecule has 4 nitrogen and oxygen atoms in total. The van der Waals surface area contributed by atoms with Crippen molar-refractivity contribution < 1.29 is 14.6 Å². The minimum absolute atomic E-state index is 0.0953. The Morgan fingerprint density at radius 2 is 2.05 bits per heavy atom. The summed E-state index contributed by atoms with van der Waals surface area (Å²) in [5, 5.41) is 13.3. The van der Waals surface area contributed by atoms with Crippen LogP contribution in [0.3, 0.4) is 0 Å². The van der Waals surface area contributed by atoms with Gasteiger partial charge in [-0.2, -0.15) is 0 Å². The van der Waals surface area contributed by atoms with Crippen molar-refractivity contribution in [2.75, 3.05) is 7.11 Å². The van der Waals surface area contributed by atoms with Gasteiger partial charge < -0.3 is 15.2 Å². The van der Waals surface area contributed by atoms with Crippen molar-refractivity contribution in [3.63, 3.8) is 0 Å². The fourth-order valence-corrected chi connectivity index (χ4v) is 2.94. The molecule has 1 saturated carbocycles. The second-order valence-electron chi connectivity index (χ2n) is 6.05. The molecule has 0 aromatic heterocycles. The average molecular weight is 291 g/mol. The van der Waals surface area contributed by atoms with Crippen molar-refractivity contribution >= 4 is 5.91 Å². The van der Waals surface area contributed by atoms with Crippen LogP contribution in [-0.4, -0.2) is 23.7 Å². The van der Waals surface area contributed by atoms with Crippen LogP contribution in [0, 0.1) is 6.92 Å². The van der Waals surface area contributed by atoms with Crippen molar-refractivity contribution in [3.05, 3.63) is 29.3 Å². The third-order valence-corrected chi connectivity index (χ3v) is 4.19. The van der Waals surface area contributed by atoms with Gasteiger partial charge in [0.25, 0.3) is 0 Å². The van der Waals surface area contributed by atoms with E-state index in [-0.39, 0.29) is 12.3 Å². The summed E-state index contributed by atoms with van der Waals surface area (Å²) in [4.78, 5) is 12.0. The molecule has 0 bridgehead atoms. The van der Waals surface area contributed by atoms with Crippen molar-refractivity contribution in [3.8, 4) is 5.75 Å². The number of hydrogen-bond donors (Lipinski definition) is 2. The van der Waals surface area contributed by atoms with Gasteiger partial charge in [-0.3, -0.25) is 4.79 Å². The molecular weight excluding hydrogens is 266 g/mol. The highest BCUT2D eigenvalue weighted by molar-refractivity contribution is 5.77. The van der Waals surface area contributed by atoms with Gasteiger partial charge >= 0.3 is 0 Å². The van der Waals surface area contributed by atoms with Crippen LogP contribution in [0.15, 0.2) is 18.2 Å². The molecule has 1 aromatic carbocycles. The van der Waals surface area contributed by atoms with Gasteiger partial charge in [0.05, 0.1) is 19.1 Å². The second kappa shape index (κ2) is 6.94. The largest absolute Gasteiger partial charge is 0.496 e. The lowest BCUT2D eigenvalue weighted by Gasteiger charge is -2.31. The molecule has 0 heterocycles. The molecule has 0 spiro atoms. The van der Waals surface area contributed by atoms with Gasteiger partial charge in [-0.05, 0) is 31.4 Å². The highest BCUT2D eigenvalue weighted by atomic mass is 16.5. The molecule has 1 aromatic rings. The fourth-order valence-electron chi connectivity index (χ4n) is 2.94. The Balaban J connectivity index is 1.89. The van der Waals surface area contributed by atoms with Crippen LogP contribution < -0.4 is 10.1 Å². The Hall–Kier alpha value is -1.55. The molecule has 0 atom stereocenters. The summed E-state index contributed by atoms with van der Waals surface area (Å²) in [5.74, 6) is 0.689. The lowest BCUT2D eigenvalue weighted by atomic mass is 9.82. The summed E-state index contributed by atoms with van der Waals surface area (Å²) < 4.78 is 5.33. The van der Waals surface area contributed by atoms with Gasteiger partial charge in [-0.15, -0.1) is 0 Å². The highest BCUT2D eigenvalue weighted by Gasteiger charge is 2.31. The normalized spacial score (nSPS) is 17.3. The SMILES string of the molecule is COc1cc(C)ccc1CNC(=O)CC1(O)CCCCC1. The maximum Gasteiger partial charge on any atom is 0.223 e. The molecule has 116 valence electrons. The number of aryl methyl sites for hydroxylation is 1. The lowest BCUT2D eigenvalue weighted by Crippen LogP contribution is -2.38. The average Bonchev–Trinajstić information content (AvgIpc) is 2.46. The Morgan fingerprint density at radius 1 is 1.33 bits per heavy atom. The zero-order chi connectivity index (χ0) is 15.3. The van der Waals surface area contributed by atoms with Gasteiger partial charge in [0.2, 0.25) is 5.91 Å². The number of amides is 1. The number of ether oxygens (including phenoxy) is 1. The smallest absolute Gasteiger partial charge is 0.223 e. The first-order chi connectivity index (χ1) is 10.0. The highest BCUT2D eigenvalue weighted by Crippen LogP contribution is 2.30. The minimum atomic E-state index is -0.806. The zero-order valence-corrected chi connectivity index (χ0v) is 12.9. The monoisotopic (exact) mass is 291 g/mol. The molecule has 1 fully saturated rings. The van der Waals surface area contributed by atoms with E-state index in [0.29, 0.717) is 6.54 Å². The van der Waals surface area contributed by atoms with E-state index in [1.807, 2.05) is 25.1 Å². The first kappa shape index (κ1) is 15.8. The first-order valence-corrected chi connectivity index (χ1v) is 7.65. The van der Waals surface area contributed by atoms with E-state index in [1.165, 1.54) is 0 Å². The second-order valence-corrected chi connectivity index (χ2v) is 6.05. The third kappa shape index (κ3) is 4.46. The summed E-state index contributed by atoms with van der Waals surface area (Å²) in [6.07, 6.45) is 4.83. The molecule has 0 radical (unpaired) electrons. The van der Waals surface area contributed by atoms with Crippen LogP contribution in [0.1, 0.15) is 49.7 Å². The van der Waals surface area contributed by atoms with Crippen LogP contribution in [0.5, 0.6) is 5.75 Å². The number of carbonyl (C=O) groups is 1. The summed E-state index contributed by atoms with van der Waals surface area (Å²) in [7, 11) is 1.63. The molecule has 1 amide bonds. The van der Waals surface area contributed by atoms with E-state index in [0.717, 1.165) is 49.0 Å². The standard InChI is InChI=1S/C17H25NO3/c1-13-6-7-14(15(10-13)21-2)12-18-16(19)11-17(20)8-4-3-5-9-17/h6-7,10,20H,3-5,8-9,11-12H2,1-2H3,(H,18,19). The Labute approximate surface area is 126 Å². The van der Waals surface area contributed by atoms with Crippen LogP contribution in [0.4, 0.5) is 0 Å². The van der Waals surface area contributed by atoms with Crippen molar-refractivity contribution in [2.24, 2.45) is 0 Å². The van der Waals surface area contributed by atoms with E-state index in [1.54, 1.807) is 7.11 Å². The van der Waals surface area contributed by atoms with Gasteiger partial charge in [0.15, 0.2) is 0 Å². The molecule has 2 rings (SSSR count). The number of hydrogen-bond acceptors (Lipinski definition) is 3. The Morgan fingerprint density at radius 3 is 2.71 bits per heavy atom. The maximum atomic E-state index is 12.0. The van der Waals surface area contributed by atoms with Crippen molar-refractivity contribution in [1.29, 1.82) is 0 Å². The van der Waals surface area contributed by atoms with Crippen LogP contribution in [-0.2, 0) is 11.3 Å². The van der Waals surface area contributed by atoms with Crippen molar-refractivity contribution in [2.45, 2.75) is 57.6 Å². The van der Waals surface area contributed by atoms with Gasteiger partial charge in [-0.25, -0.2) is 0 Å². The van der Waals surface area contributed by atoms with Crippen molar-refractivity contribution in [1.82, 2.24) is 5.32 Å².